The molecule has 3 nitrogen and oxygen atoms in total. The Hall–Kier alpha value is -0.490. The predicted octanol–water partition coefficient (Wildman–Crippen LogP) is 2.71. The number of benzene rings is 1. The van der Waals surface area contributed by atoms with Gasteiger partial charge in [-0.05, 0) is 54.6 Å². The fraction of sp³-hybridized carbons (Fsp3) is 0.455. The van der Waals surface area contributed by atoms with Gasteiger partial charge in [0.15, 0.2) is 0 Å². The first-order valence-corrected chi connectivity index (χ1v) is 6.10. The first-order chi connectivity index (χ1) is 7.13. The second kappa shape index (κ2) is 6.17. The molecule has 0 bridgehead atoms. The minimum Gasteiger partial charge on any atom is -0.399 e. The molecule has 0 fully saturated rings. The number of hydrogen-bond donors (Lipinski definition) is 2. The summed E-state index contributed by atoms with van der Waals surface area (Å²) in [7, 11) is 0. The molecule has 0 aliphatic carbocycles. The summed E-state index contributed by atoms with van der Waals surface area (Å²) in [4.78, 5) is 0. The Morgan fingerprint density at radius 1 is 1.53 bits per heavy atom. The zero-order chi connectivity index (χ0) is 11.3. The molecule has 1 aromatic carbocycles. The second-order valence-corrected chi connectivity index (χ2v) is 4.61. The number of anilines is 2. The molecule has 15 heavy (non-hydrogen) atoms. The molecule has 0 saturated carbocycles. The first-order valence-electron chi connectivity index (χ1n) is 5.02. The molecule has 0 aliphatic heterocycles. The van der Waals surface area contributed by atoms with Gasteiger partial charge in [-0.25, -0.2) is 0 Å². The SMILES string of the molecule is CCOCC(C)Nc1ccc(N)cc1I. The van der Waals surface area contributed by atoms with Gasteiger partial charge in [-0.15, -0.1) is 0 Å². The smallest absolute Gasteiger partial charge is 0.0664 e. The number of nitrogen functional groups attached to an aromatic ring is 1. The number of nitrogens with one attached hydrogen (secondary N) is 1. The molecule has 1 atom stereocenters. The number of ether oxygens (including phenoxy) is 1. The lowest BCUT2D eigenvalue weighted by molar-refractivity contribution is 0.141. The van der Waals surface area contributed by atoms with Gasteiger partial charge in [0, 0.05) is 27.6 Å². The van der Waals surface area contributed by atoms with Crippen LogP contribution in [0.25, 0.3) is 0 Å². The summed E-state index contributed by atoms with van der Waals surface area (Å²) in [6.07, 6.45) is 0. The van der Waals surface area contributed by atoms with Crippen LogP contribution in [0.1, 0.15) is 13.8 Å². The molecule has 1 aromatic rings. The van der Waals surface area contributed by atoms with E-state index in [1.165, 1.54) is 0 Å². The highest BCUT2D eigenvalue weighted by Gasteiger charge is 2.04. The molecular formula is C11H17IN2O. The maximum Gasteiger partial charge on any atom is 0.0664 e. The average molecular weight is 320 g/mol. The van der Waals surface area contributed by atoms with Crippen molar-refractivity contribution in [1.29, 1.82) is 0 Å². The third-order valence-corrected chi connectivity index (χ3v) is 2.86. The number of rotatable bonds is 5. The van der Waals surface area contributed by atoms with E-state index in [0.29, 0.717) is 6.04 Å². The Bertz CT molecular complexity index is 317. The highest BCUT2D eigenvalue weighted by Crippen LogP contribution is 2.21. The molecule has 0 aliphatic rings. The van der Waals surface area contributed by atoms with Crippen molar-refractivity contribution in [2.45, 2.75) is 19.9 Å². The van der Waals surface area contributed by atoms with Crippen LogP contribution >= 0.6 is 22.6 Å². The predicted molar refractivity (Wildman–Crippen MR) is 73.1 cm³/mol. The van der Waals surface area contributed by atoms with Crippen LogP contribution in [0.3, 0.4) is 0 Å². The van der Waals surface area contributed by atoms with Gasteiger partial charge in [0.1, 0.15) is 0 Å². The Morgan fingerprint density at radius 3 is 2.87 bits per heavy atom. The van der Waals surface area contributed by atoms with E-state index in [1.54, 1.807) is 0 Å². The molecule has 0 amide bonds. The van der Waals surface area contributed by atoms with E-state index in [-0.39, 0.29) is 0 Å². The average Bonchev–Trinajstić information content (AvgIpc) is 2.19. The Kier molecular flexibility index (Phi) is 5.17. The van der Waals surface area contributed by atoms with Crippen LogP contribution in [0.4, 0.5) is 11.4 Å². The van der Waals surface area contributed by atoms with Crippen molar-refractivity contribution in [3.8, 4) is 0 Å². The Balaban J connectivity index is 2.56. The fourth-order valence-electron chi connectivity index (χ4n) is 1.25. The third kappa shape index (κ3) is 4.25. The lowest BCUT2D eigenvalue weighted by atomic mass is 10.2. The van der Waals surface area contributed by atoms with Crippen LogP contribution in [0.2, 0.25) is 0 Å². The normalized spacial score (nSPS) is 12.5. The summed E-state index contributed by atoms with van der Waals surface area (Å²) in [5, 5.41) is 3.38. The van der Waals surface area contributed by atoms with Crippen molar-refractivity contribution in [3.63, 3.8) is 0 Å². The van der Waals surface area contributed by atoms with Gasteiger partial charge in [0.25, 0.3) is 0 Å². The highest BCUT2D eigenvalue weighted by atomic mass is 127. The zero-order valence-corrected chi connectivity index (χ0v) is 11.2. The lowest BCUT2D eigenvalue weighted by Gasteiger charge is -2.16. The van der Waals surface area contributed by atoms with Crippen LogP contribution in [0, 0.1) is 3.57 Å². The molecule has 0 heterocycles. The third-order valence-electron chi connectivity index (χ3n) is 1.97. The zero-order valence-electron chi connectivity index (χ0n) is 9.09. The summed E-state index contributed by atoms with van der Waals surface area (Å²) in [5.74, 6) is 0. The maximum absolute atomic E-state index is 5.68. The first kappa shape index (κ1) is 12.6. The molecule has 1 rings (SSSR count). The molecule has 0 radical (unpaired) electrons. The van der Waals surface area contributed by atoms with Crippen molar-refractivity contribution in [2.24, 2.45) is 0 Å². The molecule has 0 spiro atoms. The van der Waals surface area contributed by atoms with E-state index in [9.17, 15) is 0 Å². The van der Waals surface area contributed by atoms with Crippen LogP contribution in [0.15, 0.2) is 18.2 Å². The van der Waals surface area contributed by atoms with Gasteiger partial charge in [-0.1, -0.05) is 0 Å². The van der Waals surface area contributed by atoms with Gasteiger partial charge < -0.3 is 15.8 Å². The van der Waals surface area contributed by atoms with Gasteiger partial charge in [-0.2, -0.15) is 0 Å². The lowest BCUT2D eigenvalue weighted by Crippen LogP contribution is -2.22. The Morgan fingerprint density at radius 2 is 2.27 bits per heavy atom. The summed E-state index contributed by atoms with van der Waals surface area (Å²) in [6, 6.07) is 6.16. The quantitative estimate of drug-likeness (QED) is 0.648. The van der Waals surface area contributed by atoms with E-state index >= 15 is 0 Å². The number of halogens is 1. The number of nitrogens with two attached hydrogens (primary N) is 1. The topological polar surface area (TPSA) is 47.3 Å². The van der Waals surface area contributed by atoms with Gasteiger partial charge in [-0.3, -0.25) is 0 Å². The minimum atomic E-state index is 0.307. The maximum atomic E-state index is 5.68. The molecule has 0 saturated heterocycles. The van der Waals surface area contributed by atoms with Crippen molar-refractivity contribution < 1.29 is 4.74 Å². The molecule has 0 aromatic heterocycles. The van der Waals surface area contributed by atoms with Gasteiger partial charge in [0.2, 0.25) is 0 Å². The second-order valence-electron chi connectivity index (χ2n) is 3.44. The van der Waals surface area contributed by atoms with Gasteiger partial charge >= 0.3 is 0 Å². The van der Waals surface area contributed by atoms with Crippen LogP contribution < -0.4 is 11.1 Å². The van der Waals surface area contributed by atoms with E-state index in [2.05, 4.69) is 34.8 Å². The monoisotopic (exact) mass is 320 g/mol. The molecule has 4 heteroatoms. The minimum absolute atomic E-state index is 0.307. The van der Waals surface area contributed by atoms with E-state index in [4.69, 9.17) is 10.5 Å². The van der Waals surface area contributed by atoms with Crippen molar-refractivity contribution in [3.05, 3.63) is 21.8 Å². The van der Waals surface area contributed by atoms with Crippen molar-refractivity contribution in [1.82, 2.24) is 0 Å². The van der Waals surface area contributed by atoms with Crippen molar-refractivity contribution in [2.75, 3.05) is 24.3 Å². The largest absolute Gasteiger partial charge is 0.399 e. The van der Waals surface area contributed by atoms with Crippen LogP contribution in [-0.2, 0) is 4.74 Å². The Labute approximate surface area is 105 Å². The summed E-state index contributed by atoms with van der Waals surface area (Å²) in [6.45, 7) is 5.57. The molecular weight excluding hydrogens is 303 g/mol. The highest BCUT2D eigenvalue weighted by molar-refractivity contribution is 14.1. The summed E-state index contributed by atoms with van der Waals surface area (Å²) < 4.78 is 6.48. The van der Waals surface area contributed by atoms with E-state index < -0.39 is 0 Å². The number of hydrogen-bond acceptors (Lipinski definition) is 3. The van der Waals surface area contributed by atoms with Gasteiger partial charge in [0.05, 0.1) is 6.61 Å². The van der Waals surface area contributed by atoms with E-state index in [1.807, 2.05) is 25.1 Å². The molecule has 84 valence electrons. The summed E-state index contributed by atoms with van der Waals surface area (Å²) in [5.41, 5.74) is 7.58. The standard InChI is InChI=1S/C11H17IN2O/c1-3-15-7-8(2)14-11-5-4-9(13)6-10(11)12/h4-6,8,14H,3,7,13H2,1-2H3. The van der Waals surface area contributed by atoms with Crippen LogP contribution in [-0.4, -0.2) is 19.3 Å². The molecule has 3 N–H and O–H groups in total. The molecule has 1 unspecified atom stereocenters. The van der Waals surface area contributed by atoms with Crippen LogP contribution in [0.5, 0.6) is 0 Å². The summed E-state index contributed by atoms with van der Waals surface area (Å²) >= 11 is 2.27. The van der Waals surface area contributed by atoms with Crippen molar-refractivity contribution >= 4 is 34.0 Å². The van der Waals surface area contributed by atoms with E-state index in [0.717, 1.165) is 28.2 Å². The fourth-order valence-corrected chi connectivity index (χ4v) is 1.95.